The number of aromatic amines is 2. The van der Waals surface area contributed by atoms with Gasteiger partial charge in [0.2, 0.25) is 0 Å². The summed E-state index contributed by atoms with van der Waals surface area (Å²) in [4.78, 5) is 27.8. The number of pyridine rings is 1. The van der Waals surface area contributed by atoms with Crippen molar-refractivity contribution in [1.29, 1.82) is 0 Å². The Kier molecular flexibility index (Phi) is 6.05. The molecule has 2 atom stereocenters. The lowest BCUT2D eigenvalue weighted by Gasteiger charge is -2.54. The molecule has 6 aromatic rings. The molecule has 210 valence electrons. The molecule has 2 aliphatic rings. The molecule has 8 rings (SSSR count). The van der Waals surface area contributed by atoms with E-state index in [-0.39, 0.29) is 0 Å². The summed E-state index contributed by atoms with van der Waals surface area (Å²) in [5.41, 5.74) is 1.82. The molecule has 14 heteroatoms. The first-order valence-corrected chi connectivity index (χ1v) is 15.4. The Balaban J connectivity index is 1.64. The Labute approximate surface area is 248 Å². The number of rotatable bonds is 7. The molecular formula is C28H25N11OS2. The summed E-state index contributed by atoms with van der Waals surface area (Å²) in [6.07, 6.45) is 15.5. The predicted molar refractivity (Wildman–Crippen MR) is 157 cm³/mol. The molecular weight excluding hydrogens is 571 g/mol. The molecule has 2 N–H and O–H groups in total. The SMILES string of the molecule is c1ccc(C2(c3ncc[nH]3)N(c3ncco3)C(c3nccs3)=C(c3csnn3)C2(c2ccn[nH]2)N2CCCCC2)nc1. The number of thiazole rings is 1. The lowest BCUT2D eigenvalue weighted by atomic mass is 9.66. The van der Waals surface area contributed by atoms with Gasteiger partial charge < -0.3 is 9.40 Å². The van der Waals surface area contributed by atoms with E-state index in [0.29, 0.717) is 11.8 Å². The second-order valence-electron chi connectivity index (χ2n) is 10.1. The van der Waals surface area contributed by atoms with E-state index in [1.165, 1.54) is 22.9 Å². The van der Waals surface area contributed by atoms with E-state index in [1.54, 1.807) is 24.9 Å². The maximum Gasteiger partial charge on any atom is 0.303 e. The van der Waals surface area contributed by atoms with Crippen molar-refractivity contribution in [2.75, 3.05) is 18.0 Å². The molecule has 1 fully saturated rings. The lowest BCUT2D eigenvalue weighted by molar-refractivity contribution is 0.0539. The topological polar surface area (TPSA) is 141 Å². The van der Waals surface area contributed by atoms with Crippen molar-refractivity contribution in [1.82, 2.24) is 49.6 Å². The fourth-order valence-electron chi connectivity index (χ4n) is 6.79. The molecule has 1 saturated heterocycles. The van der Waals surface area contributed by atoms with Crippen LogP contribution in [0.3, 0.4) is 0 Å². The first-order valence-electron chi connectivity index (χ1n) is 13.6. The van der Waals surface area contributed by atoms with Gasteiger partial charge in [-0.2, -0.15) is 5.10 Å². The van der Waals surface area contributed by atoms with Gasteiger partial charge in [0.25, 0.3) is 0 Å². The quantitative estimate of drug-likeness (QED) is 0.270. The van der Waals surface area contributed by atoms with E-state index in [4.69, 9.17) is 29.5 Å². The number of imidazole rings is 1. The van der Waals surface area contributed by atoms with Crippen molar-refractivity contribution in [3.05, 3.63) is 106 Å². The van der Waals surface area contributed by atoms with Crippen LogP contribution in [0.2, 0.25) is 0 Å². The highest BCUT2D eigenvalue weighted by atomic mass is 32.1. The minimum atomic E-state index is -1.19. The number of hydrogen-bond acceptors (Lipinski definition) is 12. The van der Waals surface area contributed by atoms with Crippen molar-refractivity contribution in [3.63, 3.8) is 0 Å². The molecule has 0 saturated carbocycles. The smallest absolute Gasteiger partial charge is 0.303 e. The molecule has 0 amide bonds. The highest BCUT2D eigenvalue weighted by molar-refractivity contribution is 7.10. The van der Waals surface area contributed by atoms with Gasteiger partial charge in [0.1, 0.15) is 28.3 Å². The molecule has 2 unspecified atom stereocenters. The Morgan fingerprint density at radius 2 is 1.86 bits per heavy atom. The number of aromatic nitrogens is 9. The monoisotopic (exact) mass is 595 g/mol. The number of anilines is 1. The summed E-state index contributed by atoms with van der Waals surface area (Å²) < 4.78 is 10.5. The van der Waals surface area contributed by atoms with Crippen molar-refractivity contribution in [3.8, 4) is 0 Å². The van der Waals surface area contributed by atoms with Crippen LogP contribution in [0, 0.1) is 0 Å². The Morgan fingerprint density at radius 3 is 2.52 bits per heavy atom. The van der Waals surface area contributed by atoms with Gasteiger partial charge in [0.05, 0.1) is 23.3 Å². The zero-order valence-corrected chi connectivity index (χ0v) is 23.9. The Morgan fingerprint density at radius 1 is 0.905 bits per heavy atom. The fourth-order valence-corrected chi connectivity index (χ4v) is 7.92. The predicted octanol–water partition coefficient (Wildman–Crippen LogP) is 4.54. The number of piperidine rings is 1. The van der Waals surface area contributed by atoms with Crippen LogP contribution >= 0.6 is 22.9 Å². The average Bonchev–Trinajstić information content (AvgIpc) is 3.89. The van der Waals surface area contributed by atoms with Crippen molar-refractivity contribution < 1.29 is 4.42 Å². The van der Waals surface area contributed by atoms with E-state index < -0.39 is 11.1 Å². The minimum Gasteiger partial charge on any atom is -0.432 e. The zero-order valence-electron chi connectivity index (χ0n) is 22.3. The average molecular weight is 596 g/mol. The maximum absolute atomic E-state index is 6.19. The molecule has 0 radical (unpaired) electrons. The van der Waals surface area contributed by atoms with E-state index in [2.05, 4.69) is 29.5 Å². The first-order chi connectivity index (χ1) is 20.9. The fraction of sp³-hybridized carbons (Fsp3) is 0.250. The summed E-state index contributed by atoms with van der Waals surface area (Å²) >= 11 is 2.85. The number of H-pyrrole nitrogens is 2. The summed E-state index contributed by atoms with van der Waals surface area (Å²) in [6.45, 7) is 1.64. The molecule has 6 aromatic heterocycles. The van der Waals surface area contributed by atoms with Crippen molar-refractivity contribution in [2.24, 2.45) is 0 Å². The molecule has 0 aliphatic carbocycles. The van der Waals surface area contributed by atoms with Crippen LogP contribution < -0.4 is 4.90 Å². The Hall–Kier alpha value is -4.53. The third-order valence-electron chi connectivity index (χ3n) is 8.14. The van der Waals surface area contributed by atoms with Crippen LogP contribution in [0.4, 0.5) is 6.01 Å². The number of hydrogen-bond donors (Lipinski definition) is 2. The normalized spacial score (nSPS) is 23.2. The number of nitrogens with zero attached hydrogens (tertiary/aromatic N) is 9. The molecule has 0 bridgehead atoms. The van der Waals surface area contributed by atoms with Gasteiger partial charge in [-0.05, 0) is 55.7 Å². The van der Waals surface area contributed by atoms with Gasteiger partial charge >= 0.3 is 6.01 Å². The van der Waals surface area contributed by atoms with Crippen LogP contribution in [0.15, 0.2) is 82.9 Å². The maximum atomic E-state index is 6.19. The van der Waals surface area contributed by atoms with Gasteiger partial charge in [0.15, 0.2) is 5.54 Å². The first kappa shape index (κ1) is 25.2. The van der Waals surface area contributed by atoms with E-state index >= 15 is 0 Å². The van der Waals surface area contributed by atoms with Gasteiger partial charge in [-0.1, -0.05) is 17.0 Å². The number of nitrogens with one attached hydrogen (secondary N) is 2. The zero-order chi connectivity index (χ0) is 28.0. The number of oxazole rings is 1. The lowest BCUT2D eigenvalue weighted by Crippen LogP contribution is -2.65. The van der Waals surface area contributed by atoms with E-state index in [0.717, 1.165) is 65.7 Å². The summed E-state index contributed by atoms with van der Waals surface area (Å²) in [6, 6.07) is 8.37. The second-order valence-corrected chi connectivity index (χ2v) is 11.6. The summed E-state index contributed by atoms with van der Waals surface area (Å²) in [5.74, 6) is 0.659. The van der Waals surface area contributed by atoms with Gasteiger partial charge in [-0.25, -0.2) is 15.0 Å². The van der Waals surface area contributed by atoms with Gasteiger partial charge in [-0.15, -0.1) is 16.4 Å². The largest absolute Gasteiger partial charge is 0.432 e. The molecule has 0 aromatic carbocycles. The molecule has 8 heterocycles. The van der Waals surface area contributed by atoms with Crippen LogP contribution in [-0.2, 0) is 11.1 Å². The minimum absolute atomic E-state index is 0.376. The van der Waals surface area contributed by atoms with Crippen molar-refractivity contribution >= 4 is 40.2 Å². The molecule has 12 nitrogen and oxygen atoms in total. The van der Waals surface area contributed by atoms with Gasteiger partial charge in [0, 0.05) is 47.3 Å². The second kappa shape index (κ2) is 10.1. The Bertz CT molecular complexity index is 1760. The molecule has 2 aliphatic heterocycles. The third kappa shape index (κ3) is 3.39. The van der Waals surface area contributed by atoms with Crippen LogP contribution in [0.1, 0.15) is 47.2 Å². The standard InChI is InChI=1S/C28H25N11OS2/c1-4-14-38(15-5-1)27(21-7-9-34-36-21)22(19-18-42-37-35-19)23(24-30-13-17-41-24)39(26-33-12-16-40-26)28(27,25-31-10-11-32-25)20-6-2-3-8-29-20/h2-3,6-13,16-18H,1,4-5,14-15H2,(H,31,32)(H,34,36). The molecule has 0 spiro atoms. The third-order valence-corrected chi connectivity index (χ3v) is 9.42. The number of likely N-dealkylation sites (tertiary alicyclic amines) is 1. The molecule has 42 heavy (non-hydrogen) atoms. The highest BCUT2D eigenvalue weighted by Crippen LogP contribution is 2.66. The van der Waals surface area contributed by atoms with Crippen LogP contribution in [0.25, 0.3) is 11.3 Å². The van der Waals surface area contributed by atoms with Crippen LogP contribution in [0.5, 0.6) is 0 Å². The van der Waals surface area contributed by atoms with E-state index in [9.17, 15) is 0 Å². The van der Waals surface area contributed by atoms with Crippen molar-refractivity contribution in [2.45, 2.75) is 30.3 Å². The van der Waals surface area contributed by atoms with Gasteiger partial charge in [-0.3, -0.25) is 19.9 Å². The highest BCUT2D eigenvalue weighted by Gasteiger charge is 2.73. The summed E-state index contributed by atoms with van der Waals surface area (Å²) in [5, 5.41) is 17.4. The summed E-state index contributed by atoms with van der Waals surface area (Å²) in [7, 11) is 0. The van der Waals surface area contributed by atoms with E-state index in [1.807, 2.05) is 53.6 Å². The van der Waals surface area contributed by atoms with Crippen LogP contribution in [-0.4, -0.2) is 62.7 Å².